The number of hydrogen-bond donors (Lipinski definition) is 1. The van der Waals surface area contributed by atoms with Gasteiger partial charge in [0, 0.05) is 13.1 Å². The lowest BCUT2D eigenvalue weighted by Gasteiger charge is -2.15. The molecule has 1 aliphatic heterocycles. The molecular formula is C13H17NO3. The van der Waals surface area contributed by atoms with E-state index >= 15 is 0 Å². The Morgan fingerprint density at radius 2 is 2.12 bits per heavy atom. The van der Waals surface area contributed by atoms with Gasteiger partial charge in [0.05, 0.1) is 13.2 Å². The minimum atomic E-state index is -0.802. The highest BCUT2D eigenvalue weighted by Gasteiger charge is 2.28. The van der Waals surface area contributed by atoms with Crippen LogP contribution in [0.1, 0.15) is 12.0 Å². The number of nitrogens with zero attached hydrogens (tertiary/aromatic N) is 1. The molecule has 17 heavy (non-hydrogen) atoms. The molecule has 4 heteroatoms. The molecule has 0 aliphatic carbocycles. The molecule has 1 atom stereocenters. The van der Waals surface area contributed by atoms with Crippen molar-refractivity contribution in [2.45, 2.75) is 19.1 Å². The van der Waals surface area contributed by atoms with E-state index in [1.54, 1.807) is 4.90 Å². The minimum absolute atomic E-state index is 0.173. The summed E-state index contributed by atoms with van der Waals surface area (Å²) >= 11 is 0. The molecule has 4 nitrogen and oxygen atoms in total. The van der Waals surface area contributed by atoms with E-state index in [2.05, 4.69) is 0 Å². The molecule has 92 valence electrons. The quantitative estimate of drug-likeness (QED) is 0.768. The smallest absolute Gasteiger partial charge is 0.251 e. The molecule has 1 aromatic carbocycles. The van der Waals surface area contributed by atoms with Crippen LogP contribution < -0.4 is 0 Å². The van der Waals surface area contributed by atoms with Crippen molar-refractivity contribution >= 4 is 5.91 Å². The van der Waals surface area contributed by atoms with Crippen molar-refractivity contribution in [2.24, 2.45) is 0 Å². The Kier molecular flexibility index (Phi) is 4.12. The highest BCUT2D eigenvalue weighted by Crippen LogP contribution is 2.10. The van der Waals surface area contributed by atoms with Gasteiger partial charge in [-0.2, -0.15) is 0 Å². The third kappa shape index (κ3) is 3.28. The lowest BCUT2D eigenvalue weighted by atomic mass is 10.2. The fourth-order valence-electron chi connectivity index (χ4n) is 1.88. The second kappa shape index (κ2) is 5.80. The maximum absolute atomic E-state index is 11.4. The predicted octanol–water partition coefficient (Wildman–Crippen LogP) is 0.796. The van der Waals surface area contributed by atoms with Crippen LogP contribution in [0.25, 0.3) is 0 Å². The number of carbonyl (C=O) groups is 1. The summed E-state index contributed by atoms with van der Waals surface area (Å²) in [6, 6.07) is 9.92. The van der Waals surface area contributed by atoms with Crippen LogP contribution >= 0.6 is 0 Å². The number of ether oxygens (including phenoxy) is 1. The lowest BCUT2D eigenvalue weighted by molar-refractivity contribution is -0.135. The molecule has 1 fully saturated rings. The summed E-state index contributed by atoms with van der Waals surface area (Å²) < 4.78 is 5.49. The molecule has 0 aromatic heterocycles. The summed E-state index contributed by atoms with van der Waals surface area (Å²) in [4.78, 5) is 13.0. The van der Waals surface area contributed by atoms with Crippen LogP contribution in [0.15, 0.2) is 30.3 Å². The minimum Gasteiger partial charge on any atom is -0.383 e. The summed E-state index contributed by atoms with van der Waals surface area (Å²) in [6.45, 7) is 2.26. The van der Waals surface area contributed by atoms with Crippen LogP contribution in [0.4, 0.5) is 0 Å². The molecule has 1 N–H and O–H groups in total. The van der Waals surface area contributed by atoms with E-state index in [1.807, 2.05) is 30.3 Å². The summed E-state index contributed by atoms with van der Waals surface area (Å²) in [5.41, 5.74) is 1.13. The second-order valence-electron chi connectivity index (χ2n) is 4.17. The van der Waals surface area contributed by atoms with E-state index in [0.717, 1.165) is 5.56 Å². The number of carbonyl (C=O) groups excluding carboxylic acids is 1. The monoisotopic (exact) mass is 235 g/mol. The molecule has 0 radical (unpaired) electrons. The van der Waals surface area contributed by atoms with Crippen molar-refractivity contribution in [2.75, 3.05) is 19.7 Å². The molecular weight excluding hydrogens is 218 g/mol. The normalized spacial score (nSPS) is 19.9. The second-order valence-corrected chi connectivity index (χ2v) is 4.17. The van der Waals surface area contributed by atoms with Crippen LogP contribution in [-0.4, -0.2) is 41.7 Å². The van der Waals surface area contributed by atoms with Gasteiger partial charge >= 0.3 is 0 Å². The summed E-state index contributed by atoms with van der Waals surface area (Å²) in [7, 11) is 0. The molecule has 1 saturated heterocycles. The fourth-order valence-corrected chi connectivity index (χ4v) is 1.88. The number of benzene rings is 1. The van der Waals surface area contributed by atoms with Crippen LogP contribution in [0, 0.1) is 0 Å². The first kappa shape index (κ1) is 12.1. The van der Waals surface area contributed by atoms with Gasteiger partial charge in [-0.25, -0.2) is 0 Å². The van der Waals surface area contributed by atoms with Crippen molar-refractivity contribution in [3.8, 4) is 0 Å². The Morgan fingerprint density at radius 1 is 1.35 bits per heavy atom. The maximum Gasteiger partial charge on any atom is 0.251 e. The average molecular weight is 235 g/mol. The topological polar surface area (TPSA) is 49.8 Å². The van der Waals surface area contributed by atoms with E-state index in [4.69, 9.17) is 4.74 Å². The van der Waals surface area contributed by atoms with Gasteiger partial charge in [-0.1, -0.05) is 30.3 Å². The Morgan fingerprint density at radius 3 is 2.76 bits per heavy atom. The van der Waals surface area contributed by atoms with Gasteiger partial charge < -0.3 is 14.7 Å². The van der Waals surface area contributed by atoms with Crippen molar-refractivity contribution in [1.29, 1.82) is 0 Å². The van der Waals surface area contributed by atoms with Crippen molar-refractivity contribution < 1.29 is 14.6 Å². The highest BCUT2D eigenvalue weighted by atomic mass is 16.5. The van der Waals surface area contributed by atoms with E-state index in [9.17, 15) is 9.90 Å². The van der Waals surface area contributed by atoms with E-state index < -0.39 is 6.10 Å². The van der Waals surface area contributed by atoms with Gasteiger partial charge in [0.2, 0.25) is 0 Å². The Bertz CT molecular complexity index is 366. The predicted molar refractivity (Wildman–Crippen MR) is 63.3 cm³/mol. The first-order chi connectivity index (χ1) is 8.27. The van der Waals surface area contributed by atoms with E-state index in [1.165, 1.54) is 0 Å². The summed E-state index contributed by atoms with van der Waals surface area (Å²) in [6.07, 6.45) is -0.263. The average Bonchev–Trinajstić information content (AvgIpc) is 2.67. The van der Waals surface area contributed by atoms with Crippen molar-refractivity contribution in [3.63, 3.8) is 0 Å². The molecule has 2 rings (SSSR count). The Hall–Kier alpha value is -1.39. The van der Waals surface area contributed by atoms with E-state index in [0.29, 0.717) is 32.7 Å². The van der Waals surface area contributed by atoms with Gasteiger partial charge in [0.25, 0.3) is 5.91 Å². The lowest BCUT2D eigenvalue weighted by Crippen LogP contribution is -2.32. The van der Waals surface area contributed by atoms with Crippen molar-refractivity contribution in [1.82, 2.24) is 4.90 Å². The first-order valence-corrected chi connectivity index (χ1v) is 5.86. The zero-order valence-electron chi connectivity index (χ0n) is 9.71. The zero-order valence-corrected chi connectivity index (χ0v) is 9.71. The SMILES string of the molecule is O=C1C(O)CCN1CCOCc1ccccc1. The third-order valence-corrected chi connectivity index (χ3v) is 2.89. The zero-order chi connectivity index (χ0) is 12.1. The van der Waals surface area contributed by atoms with Crippen LogP contribution in [0.2, 0.25) is 0 Å². The Labute approximate surface area is 101 Å². The van der Waals surface area contributed by atoms with Crippen LogP contribution in [0.5, 0.6) is 0 Å². The van der Waals surface area contributed by atoms with Crippen molar-refractivity contribution in [3.05, 3.63) is 35.9 Å². The van der Waals surface area contributed by atoms with Gasteiger partial charge in [-0.3, -0.25) is 4.79 Å². The largest absolute Gasteiger partial charge is 0.383 e. The molecule has 0 saturated carbocycles. The summed E-state index contributed by atoms with van der Waals surface area (Å²) in [5, 5.41) is 9.27. The number of rotatable bonds is 5. The van der Waals surface area contributed by atoms with Crippen LogP contribution in [-0.2, 0) is 16.1 Å². The number of aliphatic hydroxyl groups excluding tert-OH is 1. The first-order valence-electron chi connectivity index (χ1n) is 5.86. The molecule has 1 aromatic rings. The van der Waals surface area contributed by atoms with E-state index in [-0.39, 0.29) is 5.91 Å². The number of aliphatic hydroxyl groups is 1. The van der Waals surface area contributed by atoms with Gasteiger partial charge in [0.15, 0.2) is 0 Å². The molecule has 1 unspecified atom stereocenters. The van der Waals surface area contributed by atoms with Gasteiger partial charge in [-0.15, -0.1) is 0 Å². The molecule has 1 heterocycles. The molecule has 0 spiro atoms. The fraction of sp³-hybridized carbons (Fsp3) is 0.462. The maximum atomic E-state index is 11.4. The standard InChI is InChI=1S/C13H17NO3/c15-12-6-7-14(13(12)16)8-9-17-10-11-4-2-1-3-5-11/h1-5,12,15H,6-10H2. The number of hydrogen-bond acceptors (Lipinski definition) is 3. The highest BCUT2D eigenvalue weighted by molar-refractivity contribution is 5.82. The molecule has 1 amide bonds. The Balaban J connectivity index is 1.65. The number of amides is 1. The molecule has 0 bridgehead atoms. The third-order valence-electron chi connectivity index (χ3n) is 2.89. The number of likely N-dealkylation sites (tertiary alicyclic amines) is 1. The van der Waals surface area contributed by atoms with Crippen LogP contribution in [0.3, 0.4) is 0 Å². The molecule has 1 aliphatic rings. The summed E-state index contributed by atoms with van der Waals surface area (Å²) in [5.74, 6) is -0.173. The van der Waals surface area contributed by atoms with Gasteiger partial charge in [-0.05, 0) is 12.0 Å². The van der Waals surface area contributed by atoms with Gasteiger partial charge in [0.1, 0.15) is 6.10 Å².